The third-order valence-corrected chi connectivity index (χ3v) is 4.73. The average Bonchev–Trinajstić information content (AvgIpc) is 2.68. The normalized spacial score (nSPS) is 15.6. The Morgan fingerprint density at radius 1 is 1.00 bits per heavy atom. The first-order valence-corrected chi connectivity index (χ1v) is 9.06. The molecular formula is C21H26N2O2. The fourth-order valence-corrected chi connectivity index (χ4v) is 3.34. The van der Waals surface area contributed by atoms with Crippen LogP contribution in [0.15, 0.2) is 54.6 Å². The molecule has 1 aliphatic rings. The van der Waals surface area contributed by atoms with Gasteiger partial charge in [0.1, 0.15) is 0 Å². The van der Waals surface area contributed by atoms with Crippen LogP contribution in [0.1, 0.15) is 42.9 Å². The molecule has 3 rings (SSSR count). The van der Waals surface area contributed by atoms with E-state index in [0.717, 1.165) is 24.2 Å². The molecule has 0 aliphatic carbocycles. The minimum absolute atomic E-state index is 0.0793. The summed E-state index contributed by atoms with van der Waals surface area (Å²) >= 11 is 0. The van der Waals surface area contributed by atoms with Gasteiger partial charge in [-0.15, -0.1) is 0 Å². The second kappa shape index (κ2) is 8.67. The highest BCUT2D eigenvalue weighted by molar-refractivity contribution is 5.77. The number of aliphatic hydroxyl groups excluding tert-OH is 1. The van der Waals surface area contributed by atoms with Gasteiger partial charge in [0.05, 0.1) is 12.5 Å². The van der Waals surface area contributed by atoms with Crippen molar-refractivity contribution in [3.8, 4) is 0 Å². The lowest BCUT2D eigenvalue weighted by Gasteiger charge is -2.30. The highest BCUT2D eigenvalue weighted by Gasteiger charge is 2.16. The van der Waals surface area contributed by atoms with Crippen LogP contribution in [0.3, 0.4) is 0 Å². The van der Waals surface area contributed by atoms with Crippen molar-refractivity contribution in [1.82, 2.24) is 5.32 Å². The van der Waals surface area contributed by atoms with Gasteiger partial charge < -0.3 is 15.3 Å². The first-order valence-electron chi connectivity index (χ1n) is 9.06. The van der Waals surface area contributed by atoms with Crippen molar-refractivity contribution in [2.24, 2.45) is 0 Å². The van der Waals surface area contributed by atoms with Gasteiger partial charge in [0.15, 0.2) is 0 Å². The Balaban J connectivity index is 1.57. The van der Waals surface area contributed by atoms with Crippen molar-refractivity contribution in [1.29, 1.82) is 0 Å². The molecular weight excluding hydrogens is 312 g/mol. The van der Waals surface area contributed by atoms with Gasteiger partial charge in [-0.1, -0.05) is 48.5 Å². The van der Waals surface area contributed by atoms with Crippen molar-refractivity contribution in [3.05, 3.63) is 65.7 Å². The summed E-state index contributed by atoms with van der Waals surface area (Å²) in [4.78, 5) is 14.6. The number of hydrogen-bond donors (Lipinski definition) is 2. The van der Waals surface area contributed by atoms with Crippen LogP contribution in [0.2, 0.25) is 0 Å². The van der Waals surface area contributed by atoms with Crippen LogP contribution in [-0.2, 0) is 11.3 Å². The smallest absolute Gasteiger partial charge is 0.223 e. The van der Waals surface area contributed by atoms with E-state index in [0.29, 0.717) is 6.54 Å². The minimum Gasteiger partial charge on any atom is -0.388 e. The van der Waals surface area contributed by atoms with Gasteiger partial charge in [-0.05, 0) is 36.5 Å². The van der Waals surface area contributed by atoms with Gasteiger partial charge in [0.2, 0.25) is 5.91 Å². The van der Waals surface area contributed by atoms with E-state index in [4.69, 9.17) is 0 Å². The van der Waals surface area contributed by atoms with Crippen LogP contribution in [0, 0.1) is 0 Å². The third-order valence-electron chi connectivity index (χ3n) is 4.73. The summed E-state index contributed by atoms with van der Waals surface area (Å²) in [5.74, 6) is -0.134. The number of amides is 1. The second-order valence-electron chi connectivity index (χ2n) is 6.58. The molecule has 1 amide bonds. The summed E-state index contributed by atoms with van der Waals surface area (Å²) in [5, 5.41) is 13.1. The molecule has 4 heteroatoms. The molecule has 2 aromatic rings. The predicted molar refractivity (Wildman–Crippen MR) is 100 cm³/mol. The highest BCUT2D eigenvalue weighted by atomic mass is 16.3. The van der Waals surface area contributed by atoms with Gasteiger partial charge in [-0.2, -0.15) is 0 Å². The summed E-state index contributed by atoms with van der Waals surface area (Å²) in [6.45, 7) is 2.66. The zero-order valence-corrected chi connectivity index (χ0v) is 14.5. The van der Waals surface area contributed by atoms with Crippen LogP contribution in [0.5, 0.6) is 0 Å². The van der Waals surface area contributed by atoms with Crippen LogP contribution in [-0.4, -0.2) is 24.1 Å². The fourth-order valence-electron chi connectivity index (χ4n) is 3.34. The Hall–Kier alpha value is -2.33. The molecule has 0 saturated carbocycles. The van der Waals surface area contributed by atoms with Gasteiger partial charge in [-0.3, -0.25) is 4.79 Å². The van der Waals surface area contributed by atoms with E-state index >= 15 is 0 Å². The zero-order chi connectivity index (χ0) is 17.5. The first-order chi connectivity index (χ1) is 12.2. The molecule has 2 aromatic carbocycles. The Morgan fingerprint density at radius 2 is 1.68 bits per heavy atom. The molecule has 1 aliphatic heterocycles. The maximum absolute atomic E-state index is 12.2. The molecule has 0 radical (unpaired) electrons. The van der Waals surface area contributed by atoms with E-state index in [2.05, 4.69) is 28.4 Å². The Bertz CT molecular complexity index is 681. The Kier molecular flexibility index (Phi) is 6.07. The number of benzene rings is 2. The lowest BCUT2D eigenvalue weighted by atomic mass is 10.1. The summed E-state index contributed by atoms with van der Waals surface area (Å²) < 4.78 is 0. The lowest BCUT2D eigenvalue weighted by molar-refractivity contribution is -0.123. The molecule has 2 N–H and O–H groups in total. The van der Waals surface area contributed by atoms with E-state index in [1.807, 2.05) is 36.4 Å². The summed E-state index contributed by atoms with van der Waals surface area (Å²) in [7, 11) is 0. The van der Waals surface area contributed by atoms with Crippen molar-refractivity contribution < 1.29 is 9.90 Å². The molecule has 132 valence electrons. The zero-order valence-electron chi connectivity index (χ0n) is 14.5. The summed E-state index contributed by atoms with van der Waals surface area (Å²) in [6.07, 6.45) is 3.06. The number of carbonyl (C=O) groups excluding carboxylic acids is 1. The monoisotopic (exact) mass is 338 g/mol. The van der Waals surface area contributed by atoms with Crippen LogP contribution < -0.4 is 10.2 Å². The fraction of sp³-hybridized carbons (Fsp3) is 0.381. The van der Waals surface area contributed by atoms with Crippen molar-refractivity contribution >= 4 is 11.6 Å². The number of nitrogens with one attached hydrogen (secondary N) is 1. The quantitative estimate of drug-likeness (QED) is 0.848. The second-order valence-corrected chi connectivity index (χ2v) is 6.58. The molecule has 1 unspecified atom stereocenters. The predicted octanol–water partition coefficient (Wildman–Crippen LogP) is 3.42. The molecule has 4 nitrogen and oxygen atoms in total. The largest absolute Gasteiger partial charge is 0.388 e. The maximum atomic E-state index is 12.2. The molecule has 1 heterocycles. The minimum atomic E-state index is -0.765. The number of rotatable bonds is 6. The van der Waals surface area contributed by atoms with Crippen LogP contribution in [0.25, 0.3) is 0 Å². The number of carbonyl (C=O) groups is 1. The first kappa shape index (κ1) is 17.5. The van der Waals surface area contributed by atoms with Gasteiger partial charge >= 0.3 is 0 Å². The van der Waals surface area contributed by atoms with Gasteiger partial charge in [-0.25, -0.2) is 0 Å². The van der Waals surface area contributed by atoms with Crippen LogP contribution in [0.4, 0.5) is 5.69 Å². The number of nitrogens with zero attached hydrogens (tertiary/aromatic N) is 1. The van der Waals surface area contributed by atoms with E-state index in [1.54, 1.807) is 0 Å². The third kappa shape index (κ3) is 4.83. The maximum Gasteiger partial charge on any atom is 0.223 e. The molecule has 0 bridgehead atoms. The SMILES string of the molecule is O=C(CC(O)c1ccccc1)NCc1ccccc1N1CCCCC1. The van der Waals surface area contributed by atoms with Crippen molar-refractivity contribution in [2.75, 3.05) is 18.0 Å². The number of anilines is 1. The number of para-hydroxylation sites is 1. The molecule has 1 fully saturated rings. The Labute approximate surface area is 149 Å². The van der Waals surface area contributed by atoms with E-state index in [9.17, 15) is 9.90 Å². The van der Waals surface area contributed by atoms with E-state index in [-0.39, 0.29) is 12.3 Å². The van der Waals surface area contributed by atoms with Crippen molar-refractivity contribution in [2.45, 2.75) is 38.3 Å². The molecule has 1 saturated heterocycles. The molecule has 0 aromatic heterocycles. The lowest BCUT2D eigenvalue weighted by Crippen LogP contribution is -2.31. The molecule has 25 heavy (non-hydrogen) atoms. The number of piperidine rings is 1. The Morgan fingerprint density at radius 3 is 2.44 bits per heavy atom. The van der Waals surface area contributed by atoms with Gasteiger partial charge in [0, 0.05) is 25.3 Å². The van der Waals surface area contributed by atoms with E-state index < -0.39 is 6.10 Å². The highest BCUT2D eigenvalue weighted by Crippen LogP contribution is 2.24. The summed E-state index contributed by atoms with van der Waals surface area (Å²) in [5.41, 5.74) is 3.12. The van der Waals surface area contributed by atoms with Crippen molar-refractivity contribution in [3.63, 3.8) is 0 Å². The molecule has 1 atom stereocenters. The molecule has 0 spiro atoms. The standard InChI is InChI=1S/C21H26N2O2/c24-20(17-9-3-1-4-10-17)15-21(25)22-16-18-11-5-6-12-19(18)23-13-7-2-8-14-23/h1,3-6,9-12,20,24H,2,7-8,13-16H2,(H,22,25). The van der Waals surface area contributed by atoms with E-state index in [1.165, 1.54) is 24.9 Å². The van der Waals surface area contributed by atoms with Gasteiger partial charge in [0.25, 0.3) is 0 Å². The number of aliphatic hydroxyl groups is 1. The average molecular weight is 338 g/mol. The summed E-state index contributed by atoms with van der Waals surface area (Å²) in [6, 6.07) is 17.6. The van der Waals surface area contributed by atoms with Crippen LogP contribution >= 0.6 is 0 Å². The topological polar surface area (TPSA) is 52.6 Å². The number of hydrogen-bond acceptors (Lipinski definition) is 3.